The Morgan fingerprint density at radius 2 is 0.900 bits per heavy atom. The maximum Gasteiger partial charge on any atom is 0.306 e. The minimum Gasteiger partial charge on any atom is -0.756 e. The predicted molar refractivity (Wildman–Crippen MR) is 250 cm³/mol. The first-order valence-corrected chi connectivity index (χ1v) is 26.5. The Hall–Kier alpha value is -1.51. The monoisotopic (exact) mass is 870 g/mol. The third kappa shape index (κ3) is 46.0. The molecule has 0 aliphatic carbocycles. The average Bonchev–Trinajstić information content (AvgIpc) is 3.20. The van der Waals surface area contributed by atoms with Gasteiger partial charge >= 0.3 is 11.9 Å². The topological polar surface area (TPSA) is 111 Å². The summed E-state index contributed by atoms with van der Waals surface area (Å²) in [6.07, 6.45) is 47.7. The standard InChI is InChI=1S/C50H96NO8P/c1-6-8-10-12-14-16-18-20-22-24-25-27-28-30-32-34-36-38-40-42-49(52)56-46-48(47-58-60(54,55)57-45-44-51(3,4)5)59-50(53)43-41-39-37-35-33-31-29-26-23-21-19-17-15-13-11-9-7-2/h15,17,21,23,48H,6-14,16,18-20,22,24-47H2,1-5H3/b17-15+,23-21+/t48-/m1/s1. The van der Waals surface area contributed by atoms with Gasteiger partial charge in [0.25, 0.3) is 7.82 Å². The molecule has 0 spiro atoms. The van der Waals surface area contributed by atoms with Crippen LogP contribution in [0.3, 0.4) is 0 Å². The zero-order valence-electron chi connectivity index (χ0n) is 39.9. The number of hydrogen-bond acceptors (Lipinski definition) is 8. The van der Waals surface area contributed by atoms with Crippen LogP contribution >= 0.6 is 7.82 Å². The van der Waals surface area contributed by atoms with Gasteiger partial charge in [0.1, 0.15) is 19.8 Å². The number of nitrogens with zero attached hydrogens (tertiary/aromatic N) is 1. The lowest BCUT2D eigenvalue weighted by molar-refractivity contribution is -0.870. The number of carbonyl (C=O) groups excluding carboxylic acids is 2. The van der Waals surface area contributed by atoms with E-state index in [-0.39, 0.29) is 32.0 Å². The zero-order valence-corrected chi connectivity index (χ0v) is 40.8. The number of phosphoric ester groups is 1. The first-order chi connectivity index (χ1) is 29.0. The fourth-order valence-electron chi connectivity index (χ4n) is 7.04. The van der Waals surface area contributed by atoms with E-state index in [1.807, 2.05) is 21.1 Å². The Kier molecular flexibility index (Phi) is 41.7. The van der Waals surface area contributed by atoms with Crippen LogP contribution in [-0.4, -0.2) is 70.0 Å². The summed E-state index contributed by atoms with van der Waals surface area (Å²) in [5, 5.41) is 0. The van der Waals surface area contributed by atoms with Gasteiger partial charge < -0.3 is 27.9 Å². The number of esters is 2. The molecule has 10 heteroatoms. The van der Waals surface area contributed by atoms with Crippen LogP contribution in [0.25, 0.3) is 0 Å². The zero-order chi connectivity index (χ0) is 44.3. The Morgan fingerprint density at radius 1 is 0.517 bits per heavy atom. The molecule has 0 saturated heterocycles. The Morgan fingerprint density at radius 3 is 1.35 bits per heavy atom. The van der Waals surface area contributed by atoms with Crippen molar-refractivity contribution in [1.29, 1.82) is 0 Å². The molecule has 354 valence electrons. The van der Waals surface area contributed by atoms with Crippen molar-refractivity contribution in [3.63, 3.8) is 0 Å². The normalized spacial score (nSPS) is 13.6. The highest BCUT2D eigenvalue weighted by Crippen LogP contribution is 2.38. The largest absolute Gasteiger partial charge is 0.756 e. The first kappa shape index (κ1) is 58.5. The summed E-state index contributed by atoms with van der Waals surface area (Å²) in [5.41, 5.74) is 0. The molecule has 0 N–H and O–H groups in total. The minimum absolute atomic E-state index is 0.0304. The molecular formula is C50H96NO8P. The predicted octanol–water partition coefficient (Wildman–Crippen LogP) is 14.1. The highest BCUT2D eigenvalue weighted by molar-refractivity contribution is 7.45. The number of hydrogen-bond donors (Lipinski definition) is 0. The molecule has 0 fully saturated rings. The third-order valence-corrected chi connectivity index (χ3v) is 11.9. The van der Waals surface area contributed by atoms with Gasteiger partial charge in [0.05, 0.1) is 27.7 Å². The smallest absolute Gasteiger partial charge is 0.306 e. The quantitative estimate of drug-likeness (QED) is 0.0195. The second-order valence-electron chi connectivity index (χ2n) is 18.2. The molecule has 0 aliphatic rings. The molecule has 9 nitrogen and oxygen atoms in total. The van der Waals surface area contributed by atoms with Gasteiger partial charge in [0, 0.05) is 12.8 Å². The number of allylic oxidation sites excluding steroid dienone is 4. The number of phosphoric acid groups is 1. The summed E-state index contributed by atoms with van der Waals surface area (Å²) < 4.78 is 34.0. The van der Waals surface area contributed by atoms with E-state index in [9.17, 15) is 19.0 Å². The molecule has 0 aromatic rings. The van der Waals surface area contributed by atoms with Gasteiger partial charge in [0.2, 0.25) is 0 Å². The summed E-state index contributed by atoms with van der Waals surface area (Å²) in [6, 6.07) is 0. The molecule has 0 aliphatic heterocycles. The van der Waals surface area contributed by atoms with Gasteiger partial charge in [-0.15, -0.1) is 0 Å². The number of rotatable bonds is 46. The van der Waals surface area contributed by atoms with Crippen LogP contribution in [0.15, 0.2) is 24.3 Å². The third-order valence-electron chi connectivity index (χ3n) is 11.0. The van der Waals surface area contributed by atoms with E-state index in [0.717, 1.165) is 51.4 Å². The fourth-order valence-corrected chi connectivity index (χ4v) is 7.77. The molecule has 60 heavy (non-hydrogen) atoms. The summed E-state index contributed by atoms with van der Waals surface area (Å²) in [4.78, 5) is 37.7. The van der Waals surface area contributed by atoms with E-state index in [4.69, 9.17) is 18.5 Å². The highest BCUT2D eigenvalue weighted by Gasteiger charge is 2.21. The second-order valence-corrected chi connectivity index (χ2v) is 19.6. The fraction of sp³-hybridized carbons (Fsp3) is 0.880. The Labute approximate surface area is 370 Å². The maximum atomic E-state index is 12.7. The van der Waals surface area contributed by atoms with Gasteiger partial charge in [-0.2, -0.15) is 0 Å². The molecule has 0 amide bonds. The van der Waals surface area contributed by atoms with Gasteiger partial charge in [0.15, 0.2) is 6.10 Å². The van der Waals surface area contributed by atoms with E-state index in [1.165, 1.54) is 148 Å². The first-order valence-electron chi connectivity index (χ1n) is 25.0. The molecule has 2 atom stereocenters. The molecule has 0 radical (unpaired) electrons. The molecule has 0 rings (SSSR count). The number of likely N-dealkylation sites (N-methyl/N-ethyl adjacent to an activating group) is 1. The van der Waals surface area contributed by atoms with Crippen LogP contribution in [0.4, 0.5) is 0 Å². The van der Waals surface area contributed by atoms with E-state index < -0.39 is 26.5 Å². The number of unbranched alkanes of at least 4 members (excludes halogenated alkanes) is 28. The molecule has 0 bridgehead atoms. The number of carbonyl (C=O) groups is 2. The molecule has 1 unspecified atom stereocenters. The lowest BCUT2D eigenvalue weighted by atomic mass is 10.0. The van der Waals surface area contributed by atoms with Crippen LogP contribution in [0.5, 0.6) is 0 Å². The van der Waals surface area contributed by atoms with Gasteiger partial charge in [-0.1, -0.05) is 199 Å². The van der Waals surface area contributed by atoms with Crippen molar-refractivity contribution < 1.29 is 42.1 Å². The molecule has 0 heterocycles. The van der Waals surface area contributed by atoms with Crippen molar-refractivity contribution >= 4 is 19.8 Å². The van der Waals surface area contributed by atoms with Crippen LogP contribution in [-0.2, 0) is 32.7 Å². The van der Waals surface area contributed by atoms with Crippen LogP contribution in [0, 0.1) is 0 Å². The lowest BCUT2D eigenvalue weighted by Gasteiger charge is -2.28. The van der Waals surface area contributed by atoms with Crippen LogP contribution < -0.4 is 4.89 Å². The van der Waals surface area contributed by atoms with Crippen molar-refractivity contribution in [3.8, 4) is 0 Å². The molecule has 0 saturated carbocycles. The maximum absolute atomic E-state index is 12.7. The highest BCUT2D eigenvalue weighted by atomic mass is 31.2. The number of ether oxygens (including phenoxy) is 2. The minimum atomic E-state index is -4.63. The molecule has 0 aromatic carbocycles. The van der Waals surface area contributed by atoms with Crippen LogP contribution in [0.2, 0.25) is 0 Å². The van der Waals surface area contributed by atoms with Crippen molar-refractivity contribution in [2.45, 2.75) is 238 Å². The van der Waals surface area contributed by atoms with E-state index >= 15 is 0 Å². The van der Waals surface area contributed by atoms with Gasteiger partial charge in [-0.05, 0) is 44.9 Å². The second kappa shape index (κ2) is 42.8. The average molecular weight is 870 g/mol. The van der Waals surface area contributed by atoms with E-state index in [2.05, 4.69) is 38.2 Å². The summed E-state index contributed by atoms with van der Waals surface area (Å²) in [5.74, 6) is -0.832. The Balaban J connectivity index is 4.25. The van der Waals surface area contributed by atoms with Gasteiger partial charge in [-0.25, -0.2) is 0 Å². The SMILES string of the molecule is CCCCC/C=C/C/C=C/CCCCCCCCCC(=O)O[C@H](COC(=O)CCCCCCCCCCCCCCCCCCCCC)COP(=O)([O-])OCC[N+](C)(C)C. The summed E-state index contributed by atoms with van der Waals surface area (Å²) >= 11 is 0. The van der Waals surface area contributed by atoms with E-state index in [0.29, 0.717) is 17.4 Å². The van der Waals surface area contributed by atoms with Gasteiger partial charge in [-0.3, -0.25) is 14.2 Å². The lowest BCUT2D eigenvalue weighted by Crippen LogP contribution is -2.37. The summed E-state index contributed by atoms with van der Waals surface area (Å²) in [7, 11) is 1.17. The number of quaternary nitrogens is 1. The molecule has 0 aromatic heterocycles. The molecular weight excluding hydrogens is 774 g/mol. The van der Waals surface area contributed by atoms with Crippen molar-refractivity contribution in [3.05, 3.63) is 24.3 Å². The van der Waals surface area contributed by atoms with Crippen molar-refractivity contribution in [1.82, 2.24) is 0 Å². The Bertz CT molecular complexity index is 1070. The van der Waals surface area contributed by atoms with Crippen LogP contribution in [0.1, 0.15) is 232 Å². The van der Waals surface area contributed by atoms with Crippen molar-refractivity contribution in [2.75, 3.05) is 47.5 Å². The summed E-state index contributed by atoms with van der Waals surface area (Å²) in [6.45, 7) is 4.23. The van der Waals surface area contributed by atoms with E-state index in [1.54, 1.807) is 0 Å². The van der Waals surface area contributed by atoms with Crippen molar-refractivity contribution in [2.24, 2.45) is 0 Å².